The zero-order chi connectivity index (χ0) is 11.0. The van der Waals surface area contributed by atoms with E-state index in [-0.39, 0.29) is 0 Å². The van der Waals surface area contributed by atoms with Crippen LogP contribution in [0, 0.1) is 11.8 Å². The Hall–Kier alpha value is -0.490. The Morgan fingerprint density at radius 2 is 2.07 bits per heavy atom. The number of hydrogen-bond donors (Lipinski definition) is 0. The van der Waals surface area contributed by atoms with Gasteiger partial charge in [-0.1, -0.05) is 38.4 Å². The van der Waals surface area contributed by atoms with Gasteiger partial charge in [0.05, 0.1) is 0 Å². The van der Waals surface area contributed by atoms with E-state index in [0.29, 0.717) is 5.92 Å². The minimum Gasteiger partial charge on any atom is -0.0843 e. The van der Waals surface area contributed by atoms with Crippen LogP contribution in [-0.4, -0.2) is 0 Å². The molecule has 1 aliphatic carbocycles. The molecule has 0 N–H and O–H groups in total. The number of rotatable bonds is 1. The lowest BCUT2D eigenvalue weighted by Crippen LogP contribution is -2.22. The zero-order valence-corrected chi connectivity index (χ0v) is 10.5. The molecular weight excluding hydrogens is 204 g/mol. The summed E-state index contributed by atoms with van der Waals surface area (Å²) < 4.78 is 0. The minimum atomic E-state index is 0.686. The van der Waals surface area contributed by atoms with Gasteiger partial charge in [-0.15, -0.1) is 0 Å². The third kappa shape index (κ3) is 2.06. The number of benzene rings is 1. The first-order valence-electron chi connectivity index (χ1n) is 5.88. The van der Waals surface area contributed by atoms with Gasteiger partial charge in [0.1, 0.15) is 0 Å². The molecule has 0 saturated heterocycles. The van der Waals surface area contributed by atoms with Crippen molar-refractivity contribution in [2.24, 2.45) is 11.8 Å². The summed E-state index contributed by atoms with van der Waals surface area (Å²) in [6.45, 7) is 7.03. The first-order chi connectivity index (χ1) is 7.09. The van der Waals surface area contributed by atoms with Crippen LogP contribution in [0.15, 0.2) is 18.2 Å². The monoisotopic (exact) mass is 222 g/mol. The van der Waals surface area contributed by atoms with Crippen molar-refractivity contribution in [3.63, 3.8) is 0 Å². The van der Waals surface area contributed by atoms with Gasteiger partial charge in [0.2, 0.25) is 0 Å². The standard InChI is InChI=1S/C14H19Cl/c1-9(2)13-6-4-11-8-12(15)5-7-14(11)10(13)3/h5,7-10,13H,4,6H2,1-3H3. The zero-order valence-electron chi connectivity index (χ0n) is 9.76. The number of hydrogen-bond acceptors (Lipinski definition) is 0. The van der Waals surface area contributed by atoms with Gasteiger partial charge in [0.25, 0.3) is 0 Å². The number of aryl methyl sites for hydroxylation is 1. The summed E-state index contributed by atoms with van der Waals surface area (Å²) >= 11 is 6.02. The molecule has 82 valence electrons. The first-order valence-corrected chi connectivity index (χ1v) is 6.25. The van der Waals surface area contributed by atoms with E-state index in [1.165, 1.54) is 24.0 Å². The van der Waals surface area contributed by atoms with Crippen LogP contribution in [0.25, 0.3) is 0 Å². The van der Waals surface area contributed by atoms with Gasteiger partial charge in [-0.3, -0.25) is 0 Å². The summed E-state index contributed by atoms with van der Waals surface area (Å²) in [5, 5.41) is 0.879. The molecule has 0 heterocycles. The van der Waals surface area contributed by atoms with Gasteiger partial charge in [0.15, 0.2) is 0 Å². The molecule has 0 bridgehead atoms. The fourth-order valence-electron chi connectivity index (χ4n) is 2.95. The predicted octanol–water partition coefficient (Wildman–Crippen LogP) is 4.66. The molecule has 0 fully saturated rings. The van der Waals surface area contributed by atoms with Gasteiger partial charge >= 0.3 is 0 Å². The van der Waals surface area contributed by atoms with E-state index in [1.807, 2.05) is 6.07 Å². The molecule has 2 atom stereocenters. The summed E-state index contributed by atoms with van der Waals surface area (Å²) in [6.07, 6.45) is 2.51. The maximum absolute atomic E-state index is 6.02. The molecule has 0 nitrogen and oxygen atoms in total. The second-order valence-corrected chi connectivity index (χ2v) is 5.51. The molecule has 1 heteroatoms. The van der Waals surface area contributed by atoms with Gasteiger partial charge in [-0.2, -0.15) is 0 Å². The fourth-order valence-corrected chi connectivity index (χ4v) is 3.14. The van der Waals surface area contributed by atoms with Crippen LogP contribution in [0.2, 0.25) is 5.02 Å². The maximum Gasteiger partial charge on any atom is 0.0408 e. The average molecular weight is 223 g/mol. The van der Waals surface area contributed by atoms with Crippen molar-refractivity contribution in [1.82, 2.24) is 0 Å². The van der Waals surface area contributed by atoms with E-state index in [0.717, 1.165) is 16.9 Å². The Labute approximate surface area is 97.6 Å². The lowest BCUT2D eigenvalue weighted by atomic mass is 9.71. The smallest absolute Gasteiger partial charge is 0.0408 e. The molecule has 0 saturated carbocycles. The number of halogens is 1. The molecule has 1 aromatic carbocycles. The van der Waals surface area contributed by atoms with Crippen molar-refractivity contribution in [2.45, 2.75) is 39.5 Å². The highest BCUT2D eigenvalue weighted by molar-refractivity contribution is 6.30. The van der Waals surface area contributed by atoms with Crippen LogP contribution < -0.4 is 0 Å². The second kappa shape index (κ2) is 4.17. The van der Waals surface area contributed by atoms with Crippen LogP contribution >= 0.6 is 11.6 Å². The van der Waals surface area contributed by atoms with Crippen molar-refractivity contribution in [3.05, 3.63) is 34.3 Å². The molecule has 1 aliphatic rings. The fraction of sp³-hybridized carbons (Fsp3) is 0.571. The van der Waals surface area contributed by atoms with Gasteiger partial charge in [0, 0.05) is 5.02 Å². The minimum absolute atomic E-state index is 0.686. The van der Waals surface area contributed by atoms with Crippen molar-refractivity contribution in [3.8, 4) is 0 Å². The SMILES string of the molecule is CC(C)C1CCc2cc(Cl)ccc2C1C. The Kier molecular flexibility index (Phi) is 3.06. The van der Waals surface area contributed by atoms with E-state index < -0.39 is 0 Å². The molecule has 1 aromatic rings. The van der Waals surface area contributed by atoms with Crippen LogP contribution in [0.3, 0.4) is 0 Å². The summed E-state index contributed by atoms with van der Waals surface area (Å²) in [5.41, 5.74) is 2.98. The Bertz CT molecular complexity index is 354. The summed E-state index contributed by atoms with van der Waals surface area (Å²) in [4.78, 5) is 0. The van der Waals surface area contributed by atoms with E-state index >= 15 is 0 Å². The lowest BCUT2D eigenvalue weighted by molar-refractivity contribution is 0.295. The van der Waals surface area contributed by atoms with E-state index in [2.05, 4.69) is 32.9 Å². The molecule has 0 radical (unpaired) electrons. The quantitative estimate of drug-likeness (QED) is 0.648. The summed E-state index contributed by atoms with van der Waals surface area (Å²) in [5.74, 6) is 2.30. The van der Waals surface area contributed by atoms with Crippen molar-refractivity contribution in [1.29, 1.82) is 0 Å². The van der Waals surface area contributed by atoms with Crippen LogP contribution in [0.1, 0.15) is 44.2 Å². The van der Waals surface area contributed by atoms with E-state index in [4.69, 9.17) is 11.6 Å². The van der Waals surface area contributed by atoms with Crippen molar-refractivity contribution in [2.75, 3.05) is 0 Å². The average Bonchev–Trinajstić information content (AvgIpc) is 2.17. The molecule has 15 heavy (non-hydrogen) atoms. The topological polar surface area (TPSA) is 0 Å². The van der Waals surface area contributed by atoms with Crippen molar-refractivity contribution >= 4 is 11.6 Å². The van der Waals surface area contributed by atoms with Crippen LogP contribution in [-0.2, 0) is 6.42 Å². The highest BCUT2D eigenvalue weighted by Gasteiger charge is 2.27. The van der Waals surface area contributed by atoms with Crippen molar-refractivity contribution < 1.29 is 0 Å². The molecule has 2 unspecified atom stereocenters. The molecule has 0 aliphatic heterocycles. The normalized spacial score (nSPS) is 25.4. The third-order valence-corrected chi connectivity index (χ3v) is 4.08. The Morgan fingerprint density at radius 1 is 1.33 bits per heavy atom. The predicted molar refractivity (Wildman–Crippen MR) is 66.5 cm³/mol. The summed E-state index contributed by atoms with van der Waals surface area (Å²) in [6, 6.07) is 6.39. The molecule has 0 aromatic heterocycles. The van der Waals surface area contributed by atoms with Crippen LogP contribution in [0.5, 0.6) is 0 Å². The largest absolute Gasteiger partial charge is 0.0843 e. The highest BCUT2D eigenvalue weighted by Crippen LogP contribution is 2.40. The number of fused-ring (bicyclic) bond motifs is 1. The third-order valence-electron chi connectivity index (χ3n) is 3.84. The molecular formula is C14H19Cl. The Balaban J connectivity index is 2.34. The van der Waals surface area contributed by atoms with Crippen LogP contribution in [0.4, 0.5) is 0 Å². The second-order valence-electron chi connectivity index (χ2n) is 5.08. The van der Waals surface area contributed by atoms with Gasteiger partial charge < -0.3 is 0 Å². The lowest BCUT2D eigenvalue weighted by Gasteiger charge is -2.34. The first kappa shape index (κ1) is 11.0. The molecule has 0 spiro atoms. The maximum atomic E-state index is 6.02. The van der Waals surface area contributed by atoms with Gasteiger partial charge in [-0.25, -0.2) is 0 Å². The van der Waals surface area contributed by atoms with E-state index in [1.54, 1.807) is 0 Å². The highest BCUT2D eigenvalue weighted by atomic mass is 35.5. The molecule has 0 amide bonds. The Morgan fingerprint density at radius 3 is 2.73 bits per heavy atom. The van der Waals surface area contributed by atoms with E-state index in [9.17, 15) is 0 Å². The summed E-state index contributed by atoms with van der Waals surface area (Å²) in [7, 11) is 0. The molecule has 2 rings (SSSR count). The van der Waals surface area contributed by atoms with Gasteiger partial charge in [-0.05, 0) is 53.9 Å².